The second-order valence-electron chi connectivity index (χ2n) is 7.55. The van der Waals surface area contributed by atoms with Crippen LogP contribution in [0.3, 0.4) is 0 Å². The SMILES string of the molecule is Cc1nc2ccccc2n1CCNC(=O)c1cccc(S(=O)(=O)N2CCCCC2)c1. The van der Waals surface area contributed by atoms with Gasteiger partial charge in [-0.3, -0.25) is 4.79 Å². The minimum absolute atomic E-state index is 0.175. The Hall–Kier alpha value is -2.71. The minimum atomic E-state index is -3.56. The maximum Gasteiger partial charge on any atom is 0.251 e. The summed E-state index contributed by atoms with van der Waals surface area (Å²) in [7, 11) is -3.56. The third-order valence-electron chi connectivity index (χ3n) is 5.52. The fourth-order valence-corrected chi connectivity index (χ4v) is 5.48. The van der Waals surface area contributed by atoms with Crippen LogP contribution in [0.15, 0.2) is 53.4 Å². The fourth-order valence-electron chi connectivity index (χ4n) is 3.91. The lowest BCUT2D eigenvalue weighted by molar-refractivity contribution is 0.0952. The highest BCUT2D eigenvalue weighted by Crippen LogP contribution is 2.21. The van der Waals surface area contributed by atoms with Crippen molar-refractivity contribution in [3.63, 3.8) is 0 Å². The lowest BCUT2D eigenvalue weighted by Gasteiger charge is -2.26. The number of benzene rings is 2. The van der Waals surface area contributed by atoms with E-state index in [1.54, 1.807) is 18.2 Å². The number of amides is 1. The normalized spacial score (nSPS) is 15.4. The quantitative estimate of drug-likeness (QED) is 0.657. The highest BCUT2D eigenvalue weighted by molar-refractivity contribution is 7.89. The summed E-state index contributed by atoms with van der Waals surface area (Å²) >= 11 is 0. The molecule has 2 heterocycles. The fraction of sp³-hybridized carbons (Fsp3) is 0.364. The Kier molecular flexibility index (Phi) is 5.87. The third kappa shape index (κ3) is 4.11. The topological polar surface area (TPSA) is 84.3 Å². The Morgan fingerprint density at radius 2 is 1.83 bits per heavy atom. The van der Waals surface area contributed by atoms with E-state index in [0.717, 1.165) is 36.1 Å². The molecule has 4 rings (SSSR count). The van der Waals surface area contributed by atoms with Gasteiger partial charge < -0.3 is 9.88 Å². The monoisotopic (exact) mass is 426 g/mol. The van der Waals surface area contributed by atoms with Gasteiger partial charge in [-0.05, 0) is 50.1 Å². The first-order valence-corrected chi connectivity index (χ1v) is 11.7. The molecule has 0 bridgehead atoms. The summed E-state index contributed by atoms with van der Waals surface area (Å²) in [6.45, 7) is 4.03. The molecule has 1 saturated heterocycles. The maximum absolute atomic E-state index is 12.9. The van der Waals surface area contributed by atoms with Crippen LogP contribution in [0.25, 0.3) is 11.0 Å². The van der Waals surface area contributed by atoms with Gasteiger partial charge in [0.05, 0.1) is 15.9 Å². The van der Waals surface area contributed by atoms with Crippen LogP contribution in [0.5, 0.6) is 0 Å². The highest BCUT2D eigenvalue weighted by atomic mass is 32.2. The van der Waals surface area contributed by atoms with E-state index in [4.69, 9.17) is 0 Å². The molecule has 8 heteroatoms. The van der Waals surface area contributed by atoms with Crippen molar-refractivity contribution < 1.29 is 13.2 Å². The number of nitrogens with zero attached hydrogens (tertiary/aromatic N) is 3. The van der Waals surface area contributed by atoms with Gasteiger partial charge in [0.25, 0.3) is 5.91 Å². The standard InChI is InChI=1S/C22H26N4O3S/c1-17-24-20-10-3-4-11-21(20)26(17)15-12-23-22(27)18-8-7-9-19(16-18)30(28,29)25-13-5-2-6-14-25/h3-4,7-11,16H,2,5-6,12-15H2,1H3,(H,23,27). The average molecular weight is 427 g/mol. The van der Waals surface area contributed by atoms with Crippen LogP contribution in [-0.2, 0) is 16.6 Å². The molecule has 0 atom stereocenters. The molecule has 30 heavy (non-hydrogen) atoms. The summed E-state index contributed by atoms with van der Waals surface area (Å²) in [4.78, 5) is 17.3. The summed E-state index contributed by atoms with van der Waals surface area (Å²) in [6, 6.07) is 14.2. The van der Waals surface area contributed by atoms with E-state index in [2.05, 4.69) is 14.9 Å². The number of hydrogen-bond donors (Lipinski definition) is 1. The molecular formula is C22H26N4O3S. The first-order valence-electron chi connectivity index (χ1n) is 10.3. The molecule has 0 saturated carbocycles. The van der Waals surface area contributed by atoms with Crippen LogP contribution in [0.4, 0.5) is 0 Å². The van der Waals surface area contributed by atoms with Crippen molar-refractivity contribution in [1.82, 2.24) is 19.2 Å². The van der Waals surface area contributed by atoms with Crippen LogP contribution in [-0.4, -0.2) is 47.8 Å². The summed E-state index contributed by atoms with van der Waals surface area (Å²) in [5, 5.41) is 2.89. The van der Waals surface area contributed by atoms with E-state index < -0.39 is 10.0 Å². The zero-order chi connectivity index (χ0) is 21.1. The molecule has 2 aromatic carbocycles. The Labute approximate surface area is 176 Å². The number of sulfonamides is 1. The van der Waals surface area contributed by atoms with Gasteiger partial charge in [-0.25, -0.2) is 13.4 Å². The summed E-state index contributed by atoms with van der Waals surface area (Å²) in [6.07, 6.45) is 2.81. The van der Waals surface area contributed by atoms with E-state index >= 15 is 0 Å². The molecule has 158 valence electrons. The second kappa shape index (κ2) is 8.57. The zero-order valence-electron chi connectivity index (χ0n) is 17.0. The molecule has 1 N–H and O–H groups in total. The van der Waals surface area contributed by atoms with Crippen molar-refractivity contribution in [2.45, 2.75) is 37.6 Å². The molecule has 0 spiro atoms. The van der Waals surface area contributed by atoms with E-state index in [1.807, 2.05) is 31.2 Å². The van der Waals surface area contributed by atoms with Crippen molar-refractivity contribution in [2.75, 3.05) is 19.6 Å². The Bertz CT molecular complexity index is 1160. The number of para-hydroxylation sites is 2. The number of carbonyl (C=O) groups is 1. The van der Waals surface area contributed by atoms with Crippen molar-refractivity contribution >= 4 is 27.0 Å². The minimum Gasteiger partial charge on any atom is -0.350 e. The average Bonchev–Trinajstić information content (AvgIpc) is 3.09. The summed E-state index contributed by atoms with van der Waals surface area (Å²) in [5.41, 5.74) is 2.30. The van der Waals surface area contributed by atoms with Crippen LogP contribution in [0, 0.1) is 6.92 Å². The van der Waals surface area contributed by atoms with Crippen molar-refractivity contribution in [2.24, 2.45) is 0 Å². The number of carbonyl (C=O) groups excluding carboxylic acids is 1. The molecule has 1 amide bonds. The van der Waals surface area contributed by atoms with Gasteiger partial charge in [0.1, 0.15) is 5.82 Å². The number of aryl methyl sites for hydroxylation is 1. The number of aromatic nitrogens is 2. The molecule has 7 nitrogen and oxygen atoms in total. The molecule has 0 aliphatic carbocycles. The molecule has 1 aliphatic rings. The van der Waals surface area contributed by atoms with Crippen molar-refractivity contribution in [3.05, 3.63) is 59.9 Å². The van der Waals surface area contributed by atoms with E-state index in [9.17, 15) is 13.2 Å². The van der Waals surface area contributed by atoms with E-state index in [0.29, 0.717) is 31.7 Å². The van der Waals surface area contributed by atoms with Crippen LogP contribution >= 0.6 is 0 Å². The Morgan fingerprint density at radius 3 is 2.63 bits per heavy atom. The second-order valence-corrected chi connectivity index (χ2v) is 9.49. The van der Waals surface area contributed by atoms with Gasteiger partial charge in [0.15, 0.2) is 0 Å². The molecular weight excluding hydrogens is 400 g/mol. The number of nitrogens with one attached hydrogen (secondary N) is 1. The smallest absolute Gasteiger partial charge is 0.251 e. The molecule has 1 aliphatic heterocycles. The molecule has 0 unspecified atom stereocenters. The Morgan fingerprint density at radius 1 is 1.07 bits per heavy atom. The molecule has 1 aromatic heterocycles. The third-order valence-corrected chi connectivity index (χ3v) is 7.41. The van der Waals surface area contributed by atoms with Crippen LogP contribution in [0.1, 0.15) is 35.4 Å². The van der Waals surface area contributed by atoms with Gasteiger partial charge in [0.2, 0.25) is 10.0 Å². The van der Waals surface area contributed by atoms with E-state index in [-0.39, 0.29) is 10.8 Å². The number of fused-ring (bicyclic) bond motifs is 1. The number of hydrogen-bond acceptors (Lipinski definition) is 4. The predicted octanol–water partition coefficient (Wildman–Crippen LogP) is 2.95. The largest absolute Gasteiger partial charge is 0.350 e. The first kappa shape index (κ1) is 20.6. The summed E-state index contributed by atoms with van der Waals surface area (Å²) < 4.78 is 29.3. The molecule has 3 aromatic rings. The lowest BCUT2D eigenvalue weighted by atomic mass is 10.2. The molecule has 0 radical (unpaired) electrons. The number of rotatable bonds is 6. The van der Waals surface area contributed by atoms with Gasteiger partial charge in [-0.2, -0.15) is 4.31 Å². The van der Waals surface area contributed by atoms with Crippen LogP contribution < -0.4 is 5.32 Å². The highest BCUT2D eigenvalue weighted by Gasteiger charge is 2.26. The van der Waals surface area contributed by atoms with Crippen molar-refractivity contribution in [3.8, 4) is 0 Å². The first-order chi connectivity index (χ1) is 14.5. The maximum atomic E-state index is 12.9. The van der Waals surface area contributed by atoms with Gasteiger partial charge >= 0.3 is 0 Å². The number of piperidine rings is 1. The van der Waals surface area contributed by atoms with Crippen molar-refractivity contribution in [1.29, 1.82) is 0 Å². The van der Waals surface area contributed by atoms with Crippen LogP contribution in [0.2, 0.25) is 0 Å². The van der Waals surface area contributed by atoms with Gasteiger partial charge in [-0.1, -0.05) is 24.6 Å². The van der Waals surface area contributed by atoms with Gasteiger partial charge in [-0.15, -0.1) is 0 Å². The van der Waals surface area contributed by atoms with E-state index in [1.165, 1.54) is 10.4 Å². The zero-order valence-corrected chi connectivity index (χ0v) is 17.9. The Balaban J connectivity index is 1.44. The predicted molar refractivity (Wildman–Crippen MR) is 116 cm³/mol. The summed E-state index contributed by atoms with van der Waals surface area (Å²) in [5.74, 6) is 0.604. The number of imidazole rings is 1. The molecule has 1 fully saturated rings. The lowest BCUT2D eigenvalue weighted by Crippen LogP contribution is -2.35. The van der Waals surface area contributed by atoms with Gasteiger partial charge in [0, 0.05) is 31.7 Å².